The van der Waals surface area contributed by atoms with Gasteiger partial charge in [0.25, 0.3) is 0 Å². The lowest BCUT2D eigenvalue weighted by molar-refractivity contribution is 0.0730. The predicted octanol–water partition coefficient (Wildman–Crippen LogP) is 3.99. The molecular weight excluding hydrogens is 452 g/mol. The average Bonchev–Trinajstić information content (AvgIpc) is 2.88. The number of carbonyl (C=O) groups is 1. The molecule has 0 atom stereocenters. The summed E-state index contributed by atoms with van der Waals surface area (Å²) in [5, 5.41) is 9.51. The Morgan fingerprint density at radius 2 is 1.65 bits per heavy atom. The van der Waals surface area contributed by atoms with Gasteiger partial charge in [0, 0.05) is 13.1 Å². The predicted molar refractivity (Wildman–Crippen MR) is 127 cm³/mol. The minimum absolute atomic E-state index is 0.114. The number of esters is 1. The normalized spacial score (nSPS) is 14.9. The van der Waals surface area contributed by atoms with Crippen molar-refractivity contribution >= 4 is 27.6 Å². The number of ether oxygens (including phenoxy) is 2. The van der Waals surface area contributed by atoms with Gasteiger partial charge in [0.1, 0.15) is 5.75 Å². The molecule has 0 saturated carbocycles. The topological polar surface area (TPSA) is 96.7 Å². The summed E-state index contributed by atoms with van der Waals surface area (Å²) in [5.41, 5.74) is 2.21. The van der Waals surface area contributed by atoms with Gasteiger partial charge in [-0.05, 0) is 53.6 Å². The molecule has 172 valence electrons. The molecule has 4 rings (SSSR count). The molecule has 1 aliphatic rings. The van der Waals surface area contributed by atoms with Crippen LogP contribution in [0.2, 0.25) is 0 Å². The summed E-state index contributed by atoms with van der Waals surface area (Å²) in [6.07, 6.45) is 1.72. The van der Waals surface area contributed by atoms with E-state index in [4.69, 9.17) is 9.47 Å². The number of nitrogens with zero attached hydrogens (tertiary/aromatic N) is 2. The molecular formula is C26H22N2O5S. The van der Waals surface area contributed by atoms with Gasteiger partial charge in [0.2, 0.25) is 10.0 Å². The van der Waals surface area contributed by atoms with Gasteiger partial charge in [0.05, 0.1) is 35.3 Å². The molecule has 0 amide bonds. The van der Waals surface area contributed by atoms with Crippen LogP contribution in [0, 0.1) is 11.3 Å². The Morgan fingerprint density at radius 1 is 0.941 bits per heavy atom. The standard InChI is InChI=1S/C26H22N2O5S/c27-19-23(21-6-2-1-3-7-21)17-20-5-4-8-24(18-20)33-26(29)22-9-11-25(12-10-22)34(30,31)28-13-15-32-16-14-28/h1-12,17-18H,13-16H2/b23-17-. The van der Waals surface area contributed by atoms with E-state index in [2.05, 4.69) is 6.07 Å². The van der Waals surface area contributed by atoms with Crippen molar-refractivity contribution in [1.29, 1.82) is 5.26 Å². The maximum atomic E-state index is 12.7. The van der Waals surface area contributed by atoms with Gasteiger partial charge in [0.15, 0.2) is 0 Å². The van der Waals surface area contributed by atoms with E-state index < -0.39 is 16.0 Å². The van der Waals surface area contributed by atoms with E-state index in [1.54, 1.807) is 24.3 Å². The van der Waals surface area contributed by atoms with Gasteiger partial charge in [-0.2, -0.15) is 9.57 Å². The van der Waals surface area contributed by atoms with Crippen LogP contribution in [-0.2, 0) is 14.8 Å². The number of carbonyl (C=O) groups excluding carboxylic acids is 1. The average molecular weight is 475 g/mol. The van der Waals surface area contributed by atoms with Gasteiger partial charge in [-0.25, -0.2) is 13.2 Å². The summed E-state index contributed by atoms with van der Waals surface area (Å²) in [7, 11) is -3.64. The number of rotatable bonds is 6. The summed E-state index contributed by atoms with van der Waals surface area (Å²) in [6.45, 7) is 1.32. The molecule has 1 saturated heterocycles. The Balaban J connectivity index is 1.48. The number of sulfonamides is 1. The van der Waals surface area contributed by atoms with Crippen LogP contribution in [0.3, 0.4) is 0 Å². The van der Waals surface area contributed by atoms with E-state index in [9.17, 15) is 18.5 Å². The highest BCUT2D eigenvalue weighted by Crippen LogP contribution is 2.22. The minimum atomic E-state index is -3.64. The molecule has 1 fully saturated rings. The van der Waals surface area contributed by atoms with Crippen molar-refractivity contribution in [3.63, 3.8) is 0 Å². The molecule has 0 bridgehead atoms. The lowest BCUT2D eigenvalue weighted by Gasteiger charge is -2.26. The van der Waals surface area contributed by atoms with Gasteiger partial charge in [-0.15, -0.1) is 0 Å². The number of hydrogen-bond acceptors (Lipinski definition) is 6. The summed E-state index contributed by atoms with van der Waals surface area (Å²) in [4.78, 5) is 12.7. The molecule has 7 nitrogen and oxygen atoms in total. The summed E-state index contributed by atoms with van der Waals surface area (Å²) in [6, 6.07) is 24.0. The van der Waals surface area contributed by atoms with Crippen molar-refractivity contribution in [3.8, 4) is 11.8 Å². The van der Waals surface area contributed by atoms with Gasteiger partial charge < -0.3 is 9.47 Å². The third kappa shape index (κ3) is 5.41. The van der Waals surface area contributed by atoms with Crippen LogP contribution >= 0.6 is 0 Å². The molecule has 34 heavy (non-hydrogen) atoms. The first-order chi connectivity index (χ1) is 16.5. The van der Waals surface area contributed by atoms with Crippen LogP contribution in [0.15, 0.2) is 83.8 Å². The van der Waals surface area contributed by atoms with Crippen LogP contribution in [-0.4, -0.2) is 45.0 Å². The van der Waals surface area contributed by atoms with Crippen molar-refractivity contribution < 1.29 is 22.7 Å². The maximum Gasteiger partial charge on any atom is 0.343 e. The van der Waals surface area contributed by atoms with E-state index in [1.807, 2.05) is 36.4 Å². The van der Waals surface area contributed by atoms with E-state index in [0.717, 1.165) is 5.56 Å². The summed E-state index contributed by atoms with van der Waals surface area (Å²) < 4.78 is 37.5. The molecule has 0 aliphatic carbocycles. The fourth-order valence-corrected chi connectivity index (χ4v) is 4.91. The second-order valence-electron chi connectivity index (χ2n) is 7.54. The van der Waals surface area contributed by atoms with Gasteiger partial charge >= 0.3 is 5.97 Å². The second-order valence-corrected chi connectivity index (χ2v) is 9.48. The van der Waals surface area contributed by atoms with Crippen LogP contribution in [0.5, 0.6) is 5.75 Å². The lowest BCUT2D eigenvalue weighted by Crippen LogP contribution is -2.40. The third-order valence-corrected chi connectivity index (χ3v) is 7.20. The largest absolute Gasteiger partial charge is 0.423 e. The van der Waals surface area contributed by atoms with Gasteiger partial charge in [-0.3, -0.25) is 0 Å². The van der Waals surface area contributed by atoms with Crippen LogP contribution in [0.25, 0.3) is 11.6 Å². The highest BCUT2D eigenvalue weighted by Gasteiger charge is 2.26. The summed E-state index contributed by atoms with van der Waals surface area (Å²) >= 11 is 0. The maximum absolute atomic E-state index is 12.7. The zero-order chi connectivity index (χ0) is 24.0. The molecule has 3 aromatic rings. The number of allylic oxidation sites excluding steroid dienone is 1. The van der Waals surface area contributed by atoms with E-state index in [1.165, 1.54) is 28.6 Å². The molecule has 8 heteroatoms. The monoisotopic (exact) mass is 474 g/mol. The van der Waals surface area contributed by atoms with Crippen molar-refractivity contribution in [2.75, 3.05) is 26.3 Å². The quantitative estimate of drug-likeness (QED) is 0.232. The molecule has 0 N–H and O–H groups in total. The Hall–Kier alpha value is -3.77. The third-order valence-electron chi connectivity index (χ3n) is 5.28. The SMILES string of the molecule is N#C/C(=C/c1cccc(OC(=O)c2ccc(S(=O)(=O)N3CCOCC3)cc2)c1)c1ccccc1. The molecule has 3 aromatic carbocycles. The first-order valence-electron chi connectivity index (χ1n) is 10.6. The Morgan fingerprint density at radius 3 is 2.32 bits per heavy atom. The highest BCUT2D eigenvalue weighted by molar-refractivity contribution is 7.89. The number of morpholine rings is 1. The van der Waals surface area contributed by atoms with Crippen LogP contribution in [0.4, 0.5) is 0 Å². The van der Waals surface area contributed by atoms with Crippen LogP contribution < -0.4 is 4.74 Å². The molecule has 0 aromatic heterocycles. The molecule has 0 radical (unpaired) electrons. The Bertz CT molecular complexity index is 1340. The first kappa shape index (κ1) is 23.4. The van der Waals surface area contributed by atoms with E-state index in [-0.39, 0.29) is 10.5 Å². The number of benzene rings is 3. The van der Waals surface area contributed by atoms with Crippen molar-refractivity contribution in [2.45, 2.75) is 4.90 Å². The van der Waals surface area contributed by atoms with Crippen molar-refractivity contribution in [1.82, 2.24) is 4.31 Å². The second kappa shape index (κ2) is 10.4. The highest BCUT2D eigenvalue weighted by atomic mass is 32.2. The smallest absolute Gasteiger partial charge is 0.343 e. The molecule has 0 unspecified atom stereocenters. The zero-order valence-corrected chi connectivity index (χ0v) is 19.1. The zero-order valence-electron chi connectivity index (χ0n) is 18.3. The molecule has 0 spiro atoms. The molecule has 1 aliphatic heterocycles. The van der Waals surface area contributed by atoms with Crippen molar-refractivity contribution in [3.05, 3.63) is 95.6 Å². The number of nitriles is 1. The lowest BCUT2D eigenvalue weighted by atomic mass is 10.0. The van der Waals surface area contributed by atoms with Gasteiger partial charge in [-0.1, -0.05) is 42.5 Å². The van der Waals surface area contributed by atoms with Crippen LogP contribution in [0.1, 0.15) is 21.5 Å². The summed E-state index contributed by atoms with van der Waals surface area (Å²) in [5.74, 6) is -0.297. The first-order valence-corrected chi connectivity index (χ1v) is 12.1. The number of hydrogen-bond donors (Lipinski definition) is 0. The minimum Gasteiger partial charge on any atom is -0.423 e. The fourth-order valence-electron chi connectivity index (χ4n) is 3.50. The van der Waals surface area contributed by atoms with Crippen molar-refractivity contribution in [2.24, 2.45) is 0 Å². The Kier molecular flexibility index (Phi) is 7.18. The Labute approximate surface area is 198 Å². The van der Waals surface area contributed by atoms with E-state index >= 15 is 0 Å². The fraction of sp³-hybridized carbons (Fsp3) is 0.154. The van der Waals surface area contributed by atoms with E-state index in [0.29, 0.717) is 43.2 Å². The molecule has 1 heterocycles.